The molecule has 0 aromatic carbocycles. The number of thioether (sulfide) groups is 1. The normalized spacial score (nSPS) is 11.4. The first-order chi connectivity index (χ1) is 8.60. The molecule has 0 unspecified atom stereocenters. The van der Waals surface area contributed by atoms with Gasteiger partial charge in [-0.05, 0) is 25.8 Å². The highest BCUT2D eigenvalue weighted by Crippen LogP contribution is 2.32. The number of nitrogens with one attached hydrogen (secondary N) is 1. The molecule has 0 fully saturated rings. The summed E-state index contributed by atoms with van der Waals surface area (Å²) in [6.07, 6.45) is 0. The summed E-state index contributed by atoms with van der Waals surface area (Å²) in [7, 11) is 0. The second-order valence-corrected chi connectivity index (χ2v) is 6.91. The SMILES string of the molecule is CCNc1nc(SCC(C)C)c2cc(C)sc2n1. The number of aromatic nitrogens is 2. The number of hydrogen-bond donors (Lipinski definition) is 1. The van der Waals surface area contributed by atoms with Gasteiger partial charge >= 0.3 is 0 Å². The van der Waals surface area contributed by atoms with Crippen LogP contribution in [0, 0.1) is 12.8 Å². The molecule has 2 aromatic rings. The molecule has 2 aromatic heterocycles. The van der Waals surface area contributed by atoms with Gasteiger partial charge in [-0.15, -0.1) is 23.1 Å². The van der Waals surface area contributed by atoms with Gasteiger partial charge in [0.25, 0.3) is 0 Å². The van der Waals surface area contributed by atoms with Crippen molar-refractivity contribution < 1.29 is 0 Å². The predicted octanol–water partition coefficient (Wildman–Crippen LogP) is 4.18. The monoisotopic (exact) mass is 281 g/mol. The highest BCUT2D eigenvalue weighted by Gasteiger charge is 2.11. The molecule has 2 heterocycles. The Labute approximate surface area is 116 Å². The molecule has 0 radical (unpaired) electrons. The lowest BCUT2D eigenvalue weighted by Gasteiger charge is -2.07. The van der Waals surface area contributed by atoms with E-state index in [9.17, 15) is 0 Å². The Hall–Kier alpha value is -0.810. The van der Waals surface area contributed by atoms with Gasteiger partial charge in [0, 0.05) is 22.6 Å². The van der Waals surface area contributed by atoms with Gasteiger partial charge < -0.3 is 5.32 Å². The Morgan fingerprint density at radius 1 is 1.39 bits per heavy atom. The highest BCUT2D eigenvalue weighted by molar-refractivity contribution is 7.99. The molecule has 0 aliphatic carbocycles. The summed E-state index contributed by atoms with van der Waals surface area (Å²) in [5, 5.41) is 5.51. The first kappa shape index (κ1) is 13.6. The quantitative estimate of drug-likeness (QED) is 0.659. The van der Waals surface area contributed by atoms with Crippen LogP contribution in [-0.2, 0) is 0 Å². The molecule has 0 amide bonds. The first-order valence-corrected chi connectivity index (χ1v) is 8.05. The van der Waals surface area contributed by atoms with E-state index in [0.29, 0.717) is 5.92 Å². The lowest BCUT2D eigenvalue weighted by molar-refractivity contribution is 0.749. The molecule has 2 rings (SSSR count). The number of anilines is 1. The Bertz CT molecular complexity index is 534. The zero-order valence-electron chi connectivity index (χ0n) is 11.3. The summed E-state index contributed by atoms with van der Waals surface area (Å²) in [4.78, 5) is 11.6. The van der Waals surface area contributed by atoms with E-state index in [1.54, 1.807) is 11.3 Å². The Morgan fingerprint density at radius 3 is 2.83 bits per heavy atom. The van der Waals surface area contributed by atoms with E-state index >= 15 is 0 Å². The van der Waals surface area contributed by atoms with Gasteiger partial charge in [-0.3, -0.25) is 0 Å². The minimum absolute atomic E-state index is 0.669. The van der Waals surface area contributed by atoms with Gasteiger partial charge in [0.1, 0.15) is 9.86 Å². The maximum absolute atomic E-state index is 4.62. The van der Waals surface area contributed by atoms with Crippen LogP contribution in [0.5, 0.6) is 0 Å². The van der Waals surface area contributed by atoms with Crippen molar-refractivity contribution in [3.63, 3.8) is 0 Å². The van der Waals surface area contributed by atoms with Crippen LogP contribution in [0.15, 0.2) is 11.1 Å². The van der Waals surface area contributed by atoms with Gasteiger partial charge in [0.2, 0.25) is 5.95 Å². The van der Waals surface area contributed by atoms with Crippen molar-refractivity contribution in [2.45, 2.75) is 32.7 Å². The number of hydrogen-bond acceptors (Lipinski definition) is 5. The molecule has 98 valence electrons. The van der Waals surface area contributed by atoms with Crippen molar-refractivity contribution in [1.82, 2.24) is 9.97 Å². The Morgan fingerprint density at radius 2 is 2.17 bits per heavy atom. The standard InChI is InChI=1S/C13H19N3S2/c1-5-14-13-15-11(17-7-8(2)3)10-6-9(4)18-12(10)16-13/h6,8H,5,7H2,1-4H3,(H,14,15,16). The van der Waals surface area contributed by atoms with E-state index in [4.69, 9.17) is 0 Å². The molecular formula is C13H19N3S2. The van der Waals surface area contributed by atoms with Crippen LogP contribution in [0.2, 0.25) is 0 Å². The van der Waals surface area contributed by atoms with Gasteiger partial charge in [-0.2, -0.15) is 0 Å². The summed E-state index contributed by atoms with van der Waals surface area (Å²) in [5.74, 6) is 2.51. The molecule has 18 heavy (non-hydrogen) atoms. The van der Waals surface area contributed by atoms with Gasteiger partial charge in [0.15, 0.2) is 0 Å². The number of rotatable bonds is 5. The fourth-order valence-electron chi connectivity index (χ4n) is 1.61. The number of aryl methyl sites for hydroxylation is 1. The predicted molar refractivity (Wildman–Crippen MR) is 81.9 cm³/mol. The van der Waals surface area contributed by atoms with Crippen LogP contribution < -0.4 is 5.32 Å². The molecule has 0 bridgehead atoms. The van der Waals surface area contributed by atoms with E-state index < -0.39 is 0 Å². The first-order valence-electron chi connectivity index (χ1n) is 6.25. The lowest BCUT2D eigenvalue weighted by Crippen LogP contribution is -2.03. The third kappa shape index (κ3) is 3.14. The zero-order valence-corrected chi connectivity index (χ0v) is 12.9. The maximum Gasteiger partial charge on any atom is 0.225 e. The molecule has 0 saturated carbocycles. The number of nitrogens with zero attached hydrogens (tertiary/aromatic N) is 2. The minimum atomic E-state index is 0.669. The van der Waals surface area contributed by atoms with E-state index in [0.717, 1.165) is 28.1 Å². The number of thiophene rings is 1. The van der Waals surface area contributed by atoms with Crippen molar-refractivity contribution in [3.8, 4) is 0 Å². The van der Waals surface area contributed by atoms with Crippen molar-refractivity contribution in [3.05, 3.63) is 10.9 Å². The van der Waals surface area contributed by atoms with Crippen LogP contribution >= 0.6 is 23.1 Å². The molecule has 5 heteroatoms. The van der Waals surface area contributed by atoms with E-state index in [1.165, 1.54) is 10.3 Å². The second kappa shape index (κ2) is 5.89. The molecular weight excluding hydrogens is 262 g/mol. The van der Waals surface area contributed by atoms with E-state index in [2.05, 4.69) is 49.0 Å². The summed E-state index contributed by atoms with van der Waals surface area (Å²) in [5.41, 5.74) is 0. The fourth-order valence-corrected chi connectivity index (χ4v) is 3.51. The van der Waals surface area contributed by atoms with Crippen LogP contribution in [0.3, 0.4) is 0 Å². The Balaban J connectivity index is 2.39. The third-order valence-corrected chi connectivity index (χ3v) is 4.73. The number of fused-ring (bicyclic) bond motifs is 1. The molecule has 1 N–H and O–H groups in total. The minimum Gasteiger partial charge on any atom is -0.354 e. The zero-order chi connectivity index (χ0) is 13.1. The van der Waals surface area contributed by atoms with Gasteiger partial charge in [-0.1, -0.05) is 13.8 Å². The van der Waals surface area contributed by atoms with Crippen molar-refractivity contribution in [2.75, 3.05) is 17.6 Å². The smallest absolute Gasteiger partial charge is 0.225 e. The largest absolute Gasteiger partial charge is 0.354 e. The molecule has 0 aliphatic heterocycles. The van der Waals surface area contributed by atoms with Crippen LogP contribution in [0.1, 0.15) is 25.6 Å². The van der Waals surface area contributed by atoms with Crippen molar-refractivity contribution >= 4 is 39.3 Å². The topological polar surface area (TPSA) is 37.8 Å². The molecule has 0 atom stereocenters. The maximum atomic E-state index is 4.62. The van der Waals surface area contributed by atoms with Crippen LogP contribution in [0.4, 0.5) is 5.95 Å². The van der Waals surface area contributed by atoms with Crippen molar-refractivity contribution in [2.24, 2.45) is 5.92 Å². The molecule has 0 spiro atoms. The van der Waals surface area contributed by atoms with Gasteiger partial charge in [-0.25, -0.2) is 9.97 Å². The molecule has 3 nitrogen and oxygen atoms in total. The Kier molecular flexibility index (Phi) is 4.45. The average molecular weight is 281 g/mol. The van der Waals surface area contributed by atoms with Crippen molar-refractivity contribution in [1.29, 1.82) is 0 Å². The van der Waals surface area contributed by atoms with Gasteiger partial charge in [0.05, 0.1) is 0 Å². The third-order valence-electron chi connectivity index (χ3n) is 2.37. The van der Waals surface area contributed by atoms with E-state index in [1.807, 2.05) is 11.8 Å². The fraction of sp³-hybridized carbons (Fsp3) is 0.538. The summed E-state index contributed by atoms with van der Waals surface area (Å²) in [6, 6.07) is 2.19. The van der Waals surface area contributed by atoms with Crippen LogP contribution in [0.25, 0.3) is 10.2 Å². The summed E-state index contributed by atoms with van der Waals surface area (Å²) >= 11 is 3.56. The molecule has 0 saturated heterocycles. The van der Waals surface area contributed by atoms with Crippen LogP contribution in [-0.4, -0.2) is 22.3 Å². The second-order valence-electron chi connectivity index (χ2n) is 4.66. The summed E-state index contributed by atoms with van der Waals surface area (Å²) < 4.78 is 0. The highest BCUT2D eigenvalue weighted by atomic mass is 32.2. The average Bonchev–Trinajstić information content (AvgIpc) is 2.66. The molecule has 0 aliphatic rings. The summed E-state index contributed by atoms with van der Waals surface area (Å²) in [6.45, 7) is 9.50. The van der Waals surface area contributed by atoms with E-state index in [-0.39, 0.29) is 0 Å². The lowest BCUT2D eigenvalue weighted by atomic mass is 10.3.